The van der Waals surface area contributed by atoms with Crippen LogP contribution in [0.1, 0.15) is 56.2 Å². The molecule has 0 aromatic carbocycles. The first kappa shape index (κ1) is 16.5. The van der Waals surface area contributed by atoms with Gasteiger partial charge in [-0.15, -0.1) is 0 Å². The summed E-state index contributed by atoms with van der Waals surface area (Å²) in [6.07, 6.45) is 3.33. The highest BCUT2D eigenvalue weighted by atomic mass is 16.2. The molecule has 2 amide bonds. The zero-order valence-electron chi connectivity index (χ0n) is 13.6. The lowest BCUT2D eigenvalue weighted by atomic mass is 10.0. The standard InChI is InChI=1S/C16H26N4O2/c1-4-20-14(9-11(19-20)8-10(2)3)16(22)18-13-7-5-6-12(13)15(17)21/h9-10,12-13H,4-8H2,1-3H3,(H2,17,21)(H,18,22)/t12-,13+/m0/s1. The molecule has 2 rings (SSSR count). The van der Waals surface area contributed by atoms with E-state index in [1.54, 1.807) is 4.68 Å². The van der Waals surface area contributed by atoms with Gasteiger partial charge in [0.25, 0.3) is 5.91 Å². The Kier molecular flexibility index (Phi) is 5.21. The van der Waals surface area contributed by atoms with Gasteiger partial charge in [-0.25, -0.2) is 0 Å². The van der Waals surface area contributed by atoms with E-state index < -0.39 is 0 Å². The van der Waals surface area contributed by atoms with Crippen LogP contribution in [-0.4, -0.2) is 27.6 Å². The van der Waals surface area contributed by atoms with Crippen molar-refractivity contribution in [2.24, 2.45) is 17.6 Å². The second kappa shape index (κ2) is 6.94. The van der Waals surface area contributed by atoms with Crippen LogP contribution in [0.25, 0.3) is 0 Å². The molecule has 1 heterocycles. The smallest absolute Gasteiger partial charge is 0.269 e. The van der Waals surface area contributed by atoms with Gasteiger partial charge in [0.05, 0.1) is 11.6 Å². The number of hydrogen-bond acceptors (Lipinski definition) is 3. The molecule has 1 saturated carbocycles. The SMILES string of the molecule is CCn1nc(CC(C)C)cc1C(=O)N[C@@H]1CCC[C@@H]1C(N)=O. The van der Waals surface area contributed by atoms with Crippen LogP contribution in [-0.2, 0) is 17.8 Å². The van der Waals surface area contributed by atoms with Crippen LogP contribution in [0.4, 0.5) is 0 Å². The lowest BCUT2D eigenvalue weighted by Crippen LogP contribution is -2.42. The second-order valence-corrected chi connectivity index (χ2v) is 6.45. The van der Waals surface area contributed by atoms with Crippen molar-refractivity contribution < 1.29 is 9.59 Å². The summed E-state index contributed by atoms with van der Waals surface area (Å²) in [6.45, 7) is 6.86. The van der Waals surface area contributed by atoms with Gasteiger partial charge in [-0.2, -0.15) is 5.10 Å². The molecular formula is C16H26N4O2. The van der Waals surface area contributed by atoms with Crippen molar-refractivity contribution in [2.45, 2.75) is 59.0 Å². The van der Waals surface area contributed by atoms with E-state index in [4.69, 9.17) is 5.73 Å². The summed E-state index contributed by atoms with van der Waals surface area (Å²) < 4.78 is 1.72. The predicted molar refractivity (Wildman–Crippen MR) is 84.2 cm³/mol. The minimum absolute atomic E-state index is 0.154. The van der Waals surface area contributed by atoms with Crippen LogP contribution in [0.5, 0.6) is 0 Å². The van der Waals surface area contributed by atoms with E-state index in [1.165, 1.54) is 0 Å². The molecule has 0 aliphatic heterocycles. The number of aryl methyl sites for hydroxylation is 1. The average Bonchev–Trinajstić information content (AvgIpc) is 3.04. The molecule has 2 atom stereocenters. The summed E-state index contributed by atoms with van der Waals surface area (Å²) in [5, 5.41) is 7.45. The minimum Gasteiger partial charge on any atom is -0.369 e. The topological polar surface area (TPSA) is 90.0 Å². The molecule has 6 heteroatoms. The minimum atomic E-state index is -0.327. The Morgan fingerprint density at radius 3 is 2.77 bits per heavy atom. The fourth-order valence-electron chi connectivity index (χ4n) is 3.13. The van der Waals surface area contributed by atoms with Gasteiger partial charge in [0, 0.05) is 12.6 Å². The van der Waals surface area contributed by atoms with E-state index in [2.05, 4.69) is 24.3 Å². The van der Waals surface area contributed by atoms with E-state index in [-0.39, 0.29) is 23.8 Å². The third kappa shape index (κ3) is 3.67. The van der Waals surface area contributed by atoms with Gasteiger partial charge in [-0.05, 0) is 38.2 Å². The van der Waals surface area contributed by atoms with Gasteiger partial charge in [-0.1, -0.05) is 20.3 Å². The number of nitrogens with one attached hydrogen (secondary N) is 1. The Morgan fingerprint density at radius 2 is 2.18 bits per heavy atom. The number of nitrogens with two attached hydrogens (primary N) is 1. The zero-order chi connectivity index (χ0) is 16.3. The van der Waals surface area contributed by atoms with E-state index in [0.717, 1.165) is 31.4 Å². The van der Waals surface area contributed by atoms with Gasteiger partial charge in [0.15, 0.2) is 0 Å². The van der Waals surface area contributed by atoms with Crippen LogP contribution in [0.3, 0.4) is 0 Å². The first-order valence-electron chi connectivity index (χ1n) is 8.09. The highest BCUT2D eigenvalue weighted by molar-refractivity contribution is 5.93. The second-order valence-electron chi connectivity index (χ2n) is 6.45. The maximum atomic E-state index is 12.5. The van der Waals surface area contributed by atoms with Gasteiger partial charge in [-0.3, -0.25) is 14.3 Å². The molecule has 1 fully saturated rings. The molecule has 122 valence electrons. The highest BCUT2D eigenvalue weighted by Gasteiger charge is 2.33. The van der Waals surface area contributed by atoms with Crippen LogP contribution in [0, 0.1) is 11.8 Å². The lowest BCUT2D eigenvalue weighted by molar-refractivity contribution is -0.122. The summed E-state index contributed by atoms with van der Waals surface area (Å²) in [5.41, 5.74) is 6.90. The molecule has 1 aromatic heterocycles. The molecule has 1 aliphatic carbocycles. The third-order valence-corrected chi connectivity index (χ3v) is 4.18. The summed E-state index contributed by atoms with van der Waals surface area (Å²) in [6, 6.07) is 1.70. The Labute approximate surface area is 131 Å². The molecule has 0 unspecified atom stereocenters. The largest absolute Gasteiger partial charge is 0.369 e. The molecule has 6 nitrogen and oxygen atoms in total. The van der Waals surface area contributed by atoms with E-state index in [0.29, 0.717) is 18.2 Å². The molecule has 3 N–H and O–H groups in total. The van der Waals surface area contributed by atoms with Crippen molar-refractivity contribution in [1.82, 2.24) is 15.1 Å². The van der Waals surface area contributed by atoms with Crippen molar-refractivity contribution in [2.75, 3.05) is 0 Å². The number of rotatable bonds is 6. The van der Waals surface area contributed by atoms with Crippen LogP contribution < -0.4 is 11.1 Å². The maximum Gasteiger partial charge on any atom is 0.269 e. The quantitative estimate of drug-likeness (QED) is 0.834. The van der Waals surface area contributed by atoms with Crippen molar-refractivity contribution in [3.63, 3.8) is 0 Å². The van der Waals surface area contributed by atoms with Crippen LogP contribution >= 0.6 is 0 Å². The molecule has 1 aromatic rings. The van der Waals surface area contributed by atoms with Crippen LogP contribution in [0.15, 0.2) is 6.07 Å². The Balaban J connectivity index is 2.11. The highest BCUT2D eigenvalue weighted by Crippen LogP contribution is 2.25. The number of carbonyl (C=O) groups is 2. The monoisotopic (exact) mass is 306 g/mol. The van der Waals surface area contributed by atoms with E-state index >= 15 is 0 Å². The Bertz CT molecular complexity index is 550. The molecular weight excluding hydrogens is 280 g/mol. The summed E-state index contributed by atoms with van der Waals surface area (Å²) in [5.74, 6) is -0.253. The molecule has 0 saturated heterocycles. The third-order valence-electron chi connectivity index (χ3n) is 4.18. The van der Waals surface area contributed by atoms with Crippen LogP contribution in [0.2, 0.25) is 0 Å². The lowest BCUT2D eigenvalue weighted by Gasteiger charge is -2.18. The van der Waals surface area contributed by atoms with Gasteiger partial charge in [0.2, 0.25) is 5.91 Å². The van der Waals surface area contributed by atoms with Gasteiger partial charge >= 0.3 is 0 Å². The van der Waals surface area contributed by atoms with Gasteiger partial charge < -0.3 is 11.1 Å². The van der Waals surface area contributed by atoms with Crippen molar-refractivity contribution in [1.29, 1.82) is 0 Å². The molecule has 1 aliphatic rings. The number of aromatic nitrogens is 2. The number of nitrogens with zero attached hydrogens (tertiary/aromatic N) is 2. The van der Waals surface area contributed by atoms with E-state index in [1.807, 2.05) is 13.0 Å². The van der Waals surface area contributed by atoms with Gasteiger partial charge in [0.1, 0.15) is 5.69 Å². The van der Waals surface area contributed by atoms with Crippen molar-refractivity contribution in [3.8, 4) is 0 Å². The fourth-order valence-corrected chi connectivity index (χ4v) is 3.13. The first-order valence-corrected chi connectivity index (χ1v) is 8.09. The molecule has 22 heavy (non-hydrogen) atoms. The van der Waals surface area contributed by atoms with Crippen molar-refractivity contribution >= 4 is 11.8 Å². The number of hydrogen-bond donors (Lipinski definition) is 2. The van der Waals surface area contributed by atoms with E-state index in [9.17, 15) is 9.59 Å². The summed E-state index contributed by atoms with van der Waals surface area (Å²) in [4.78, 5) is 24.0. The first-order chi connectivity index (χ1) is 10.4. The molecule has 0 radical (unpaired) electrons. The number of carbonyl (C=O) groups excluding carboxylic acids is 2. The number of primary amides is 1. The molecule has 0 spiro atoms. The summed E-state index contributed by atoms with van der Waals surface area (Å²) >= 11 is 0. The zero-order valence-corrected chi connectivity index (χ0v) is 13.6. The average molecular weight is 306 g/mol. The summed E-state index contributed by atoms with van der Waals surface area (Å²) in [7, 11) is 0. The fraction of sp³-hybridized carbons (Fsp3) is 0.688. The predicted octanol–water partition coefficient (Wildman–Crippen LogP) is 1.49. The number of amides is 2. The molecule has 0 bridgehead atoms. The Morgan fingerprint density at radius 1 is 1.45 bits per heavy atom. The van der Waals surface area contributed by atoms with Crippen molar-refractivity contribution in [3.05, 3.63) is 17.5 Å². The Hall–Kier alpha value is -1.85. The maximum absolute atomic E-state index is 12.5. The normalized spacial score (nSPS) is 21.3.